The van der Waals surface area contributed by atoms with E-state index < -0.39 is 10.0 Å². The number of aryl methyl sites for hydroxylation is 1. The van der Waals surface area contributed by atoms with Gasteiger partial charge < -0.3 is 5.32 Å². The normalized spacial score (nSPS) is 11.6. The summed E-state index contributed by atoms with van der Waals surface area (Å²) in [6, 6.07) is 11.4. The van der Waals surface area contributed by atoms with E-state index in [9.17, 15) is 13.2 Å². The van der Waals surface area contributed by atoms with Crippen LogP contribution in [0.5, 0.6) is 0 Å². The molecular formula is C18H21ClN2O3S. The average molecular weight is 381 g/mol. The van der Waals surface area contributed by atoms with Crippen LogP contribution >= 0.6 is 11.6 Å². The highest BCUT2D eigenvalue weighted by Crippen LogP contribution is 2.22. The van der Waals surface area contributed by atoms with Gasteiger partial charge in [-0.3, -0.25) is 4.79 Å². The molecular weight excluding hydrogens is 360 g/mol. The number of nitrogens with one attached hydrogen (secondary N) is 1. The topological polar surface area (TPSA) is 66.5 Å². The van der Waals surface area contributed by atoms with Gasteiger partial charge in [0.1, 0.15) is 0 Å². The number of carbonyl (C=O) groups excluding carboxylic acids is 1. The van der Waals surface area contributed by atoms with Crippen molar-refractivity contribution in [1.29, 1.82) is 0 Å². The highest BCUT2D eigenvalue weighted by Gasteiger charge is 2.24. The Kier molecular flexibility index (Phi) is 6.21. The van der Waals surface area contributed by atoms with Gasteiger partial charge in [0, 0.05) is 29.4 Å². The van der Waals surface area contributed by atoms with Gasteiger partial charge in [-0.1, -0.05) is 31.5 Å². The lowest BCUT2D eigenvalue weighted by molar-refractivity contribution is 0.102. The summed E-state index contributed by atoms with van der Waals surface area (Å²) in [6.45, 7) is 6.04. The molecule has 134 valence electrons. The van der Waals surface area contributed by atoms with Crippen LogP contribution in [0.3, 0.4) is 0 Å². The Balaban J connectivity index is 2.35. The summed E-state index contributed by atoms with van der Waals surface area (Å²) in [5.41, 5.74) is 1.48. The van der Waals surface area contributed by atoms with Gasteiger partial charge in [0.15, 0.2) is 0 Å². The van der Waals surface area contributed by atoms with Gasteiger partial charge in [0.05, 0.1) is 4.90 Å². The Labute approximate surface area is 153 Å². The van der Waals surface area contributed by atoms with E-state index in [0.29, 0.717) is 29.4 Å². The molecule has 5 nitrogen and oxygen atoms in total. The number of carbonyl (C=O) groups is 1. The van der Waals surface area contributed by atoms with E-state index in [1.165, 1.54) is 10.4 Å². The average Bonchev–Trinajstić information content (AvgIpc) is 2.58. The third kappa shape index (κ3) is 4.39. The fourth-order valence-electron chi connectivity index (χ4n) is 2.46. The molecule has 0 unspecified atom stereocenters. The lowest BCUT2D eigenvalue weighted by Crippen LogP contribution is -2.31. The van der Waals surface area contributed by atoms with Gasteiger partial charge in [0.2, 0.25) is 10.0 Å². The van der Waals surface area contributed by atoms with Crippen molar-refractivity contribution in [1.82, 2.24) is 4.31 Å². The number of nitrogens with zero attached hydrogens (tertiary/aromatic N) is 1. The van der Waals surface area contributed by atoms with E-state index in [0.717, 1.165) is 0 Å². The molecule has 0 atom stereocenters. The molecule has 2 aromatic carbocycles. The lowest BCUT2D eigenvalue weighted by atomic mass is 10.1. The van der Waals surface area contributed by atoms with Crippen molar-refractivity contribution in [2.24, 2.45) is 0 Å². The first-order valence-electron chi connectivity index (χ1n) is 7.97. The molecule has 2 aromatic rings. The van der Waals surface area contributed by atoms with Crippen molar-refractivity contribution < 1.29 is 13.2 Å². The van der Waals surface area contributed by atoms with Crippen molar-refractivity contribution in [3.8, 4) is 0 Å². The van der Waals surface area contributed by atoms with Crippen LogP contribution in [-0.4, -0.2) is 31.7 Å². The third-order valence-electron chi connectivity index (χ3n) is 3.88. The molecule has 0 saturated heterocycles. The third-order valence-corrected chi connectivity index (χ3v) is 6.32. The van der Waals surface area contributed by atoms with Crippen molar-refractivity contribution in [2.45, 2.75) is 25.7 Å². The summed E-state index contributed by atoms with van der Waals surface area (Å²) in [6.07, 6.45) is 0. The molecule has 0 aromatic heterocycles. The summed E-state index contributed by atoms with van der Waals surface area (Å²) in [5.74, 6) is -0.377. The molecule has 0 radical (unpaired) electrons. The van der Waals surface area contributed by atoms with Gasteiger partial charge in [-0.05, 0) is 48.9 Å². The molecule has 1 amide bonds. The molecule has 7 heteroatoms. The Bertz CT molecular complexity index is 860. The van der Waals surface area contributed by atoms with E-state index in [2.05, 4.69) is 5.32 Å². The molecule has 0 spiro atoms. The van der Waals surface area contributed by atoms with Gasteiger partial charge in [0.25, 0.3) is 5.91 Å². The molecule has 0 saturated carbocycles. The molecule has 1 N–H and O–H groups in total. The van der Waals surface area contributed by atoms with Crippen molar-refractivity contribution in [2.75, 3.05) is 18.4 Å². The largest absolute Gasteiger partial charge is 0.322 e. The highest BCUT2D eigenvalue weighted by molar-refractivity contribution is 7.89. The first kappa shape index (κ1) is 19.4. The molecule has 0 heterocycles. The van der Waals surface area contributed by atoms with E-state index in [4.69, 9.17) is 11.6 Å². The molecule has 0 fully saturated rings. The van der Waals surface area contributed by atoms with E-state index >= 15 is 0 Å². The van der Waals surface area contributed by atoms with Crippen LogP contribution < -0.4 is 5.32 Å². The summed E-state index contributed by atoms with van der Waals surface area (Å²) in [5, 5.41) is 3.31. The Morgan fingerprint density at radius 2 is 1.68 bits per heavy atom. The Morgan fingerprint density at radius 3 is 2.24 bits per heavy atom. The van der Waals surface area contributed by atoms with E-state index in [1.807, 2.05) is 0 Å². The molecule has 0 bridgehead atoms. The SMILES string of the molecule is CCN(CC)S(=O)(=O)c1cc(C(=O)Nc2ccc(Cl)cc2)ccc1C. The quantitative estimate of drug-likeness (QED) is 0.825. The van der Waals surface area contributed by atoms with Gasteiger partial charge >= 0.3 is 0 Å². The number of hydrogen-bond acceptors (Lipinski definition) is 3. The standard InChI is InChI=1S/C18H21ClN2O3S/c1-4-21(5-2)25(23,24)17-12-14(7-6-13(17)3)18(22)20-16-10-8-15(19)9-11-16/h6-12H,4-5H2,1-3H3,(H,20,22). The second kappa shape index (κ2) is 7.99. The van der Waals surface area contributed by atoms with Crippen LogP contribution in [0.25, 0.3) is 0 Å². The monoisotopic (exact) mass is 380 g/mol. The molecule has 0 aliphatic carbocycles. The fraction of sp³-hybridized carbons (Fsp3) is 0.278. The summed E-state index contributed by atoms with van der Waals surface area (Å²) < 4.78 is 26.9. The minimum Gasteiger partial charge on any atom is -0.322 e. The van der Waals surface area contributed by atoms with Crippen molar-refractivity contribution in [3.05, 3.63) is 58.6 Å². The van der Waals surface area contributed by atoms with Crippen LogP contribution in [-0.2, 0) is 10.0 Å². The number of halogens is 1. The maximum atomic E-state index is 12.8. The zero-order valence-corrected chi connectivity index (χ0v) is 16.0. The summed E-state index contributed by atoms with van der Waals surface area (Å²) in [7, 11) is -3.63. The predicted octanol–water partition coefficient (Wildman–Crippen LogP) is 3.93. The number of sulfonamides is 1. The fourth-order valence-corrected chi connectivity index (χ4v) is 4.29. The number of rotatable bonds is 6. The van der Waals surface area contributed by atoms with Crippen molar-refractivity contribution >= 4 is 33.2 Å². The second-order valence-electron chi connectivity index (χ2n) is 5.53. The highest BCUT2D eigenvalue weighted by atomic mass is 35.5. The number of anilines is 1. The van der Waals surface area contributed by atoms with Crippen LogP contribution in [0, 0.1) is 6.92 Å². The summed E-state index contributed by atoms with van der Waals surface area (Å²) >= 11 is 5.83. The lowest BCUT2D eigenvalue weighted by Gasteiger charge is -2.20. The second-order valence-corrected chi connectivity index (χ2v) is 7.87. The first-order valence-corrected chi connectivity index (χ1v) is 9.79. The molecule has 2 rings (SSSR count). The zero-order chi connectivity index (χ0) is 18.6. The minimum absolute atomic E-state index is 0.153. The minimum atomic E-state index is -3.63. The number of amides is 1. The molecule has 25 heavy (non-hydrogen) atoms. The summed E-state index contributed by atoms with van der Waals surface area (Å²) in [4.78, 5) is 12.6. The molecule has 0 aliphatic rings. The van der Waals surface area contributed by atoms with Gasteiger partial charge in [-0.2, -0.15) is 4.31 Å². The zero-order valence-electron chi connectivity index (χ0n) is 14.4. The van der Waals surface area contributed by atoms with Crippen molar-refractivity contribution in [3.63, 3.8) is 0 Å². The van der Waals surface area contributed by atoms with Crippen LogP contribution in [0.4, 0.5) is 5.69 Å². The van der Waals surface area contributed by atoms with E-state index in [1.54, 1.807) is 57.2 Å². The predicted molar refractivity (Wildman–Crippen MR) is 101 cm³/mol. The number of hydrogen-bond donors (Lipinski definition) is 1. The van der Waals surface area contributed by atoms with Crippen LogP contribution in [0.2, 0.25) is 5.02 Å². The Morgan fingerprint density at radius 1 is 1.08 bits per heavy atom. The van der Waals surface area contributed by atoms with Crippen LogP contribution in [0.1, 0.15) is 29.8 Å². The van der Waals surface area contributed by atoms with Gasteiger partial charge in [-0.25, -0.2) is 8.42 Å². The smallest absolute Gasteiger partial charge is 0.255 e. The molecule has 0 aliphatic heterocycles. The van der Waals surface area contributed by atoms with Crippen LogP contribution in [0.15, 0.2) is 47.4 Å². The van der Waals surface area contributed by atoms with Gasteiger partial charge in [-0.15, -0.1) is 0 Å². The first-order chi connectivity index (χ1) is 11.8. The van der Waals surface area contributed by atoms with E-state index in [-0.39, 0.29) is 16.4 Å². The Hall–Kier alpha value is -1.89. The number of benzene rings is 2. The maximum absolute atomic E-state index is 12.8. The maximum Gasteiger partial charge on any atom is 0.255 e.